The summed E-state index contributed by atoms with van der Waals surface area (Å²) in [6.45, 7) is 7.00. The standard InChI is InChI=1S/C11H17N5/c1-7(10-4-13-14-5-10)12-6-11-8(2)15-16-9(11)3/h4-5,7,12H,6H2,1-3H3,(H,13,14)(H,15,16). The molecule has 1 atom stereocenters. The van der Waals surface area contributed by atoms with Gasteiger partial charge in [-0.1, -0.05) is 0 Å². The Balaban J connectivity index is 1.98. The van der Waals surface area contributed by atoms with Crippen molar-refractivity contribution in [2.24, 2.45) is 0 Å². The average Bonchev–Trinajstić information content (AvgIpc) is 2.87. The number of aromatic amines is 2. The van der Waals surface area contributed by atoms with Crippen LogP contribution in [0.2, 0.25) is 0 Å². The third kappa shape index (κ3) is 2.14. The van der Waals surface area contributed by atoms with Crippen LogP contribution < -0.4 is 5.32 Å². The lowest BCUT2D eigenvalue weighted by Crippen LogP contribution is -2.18. The largest absolute Gasteiger partial charge is 0.306 e. The van der Waals surface area contributed by atoms with Crippen molar-refractivity contribution in [2.75, 3.05) is 0 Å². The normalized spacial score (nSPS) is 12.9. The summed E-state index contributed by atoms with van der Waals surface area (Å²) in [5, 5.41) is 17.4. The number of nitrogens with zero attached hydrogens (tertiary/aromatic N) is 2. The van der Waals surface area contributed by atoms with Crippen molar-refractivity contribution in [3.63, 3.8) is 0 Å². The molecule has 2 rings (SSSR count). The second kappa shape index (κ2) is 4.49. The zero-order chi connectivity index (χ0) is 11.5. The number of aryl methyl sites for hydroxylation is 2. The van der Waals surface area contributed by atoms with Gasteiger partial charge in [0, 0.05) is 35.6 Å². The van der Waals surface area contributed by atoms with Crippen LogP contribution in [0.15, 0.2) is 12.4 Å². The third-order valence-electron chi connectivity index (χ3n) is 2.89. The second-order valence-corrected chi connectivity index (χ2v) is 4.05. The van der Waals surface area contributed by atoms with E-state index in [-0.39, 0.29) is 6.04 Å². The molecule has 86 valence electrons. The first kappa shape index (κ1) is 10.9. The van der Waals surface area contributed by atoms with Gasteiger partial charge in [-0.3, -0.25) is 10.2 Å². The van der Waals surface area contributed by atoms with Crippen LogP contribution in [0.4, 0.5) is 0 Å². The van der Waals surface area contributed by atoms with Gasteiger partial charge in [-0.2, -0.15) is 10.2 Å². The molecule has 0 saturated carbocycles. The fraction of sp³-hybridized carbons (Fsp3) is 0.455. The first-order valence-corrected chi connectivity index (χ1v) is 5.41. The van der Waals surface area contributed by atoms with E-state index in [1.807, 2.05) is 26.2 Å². The third-order valence-corrected chi connectivity index (χ3v) is 2.89. The minimum absolute atomic E-state index is 0.285. The van der Waals surface area contributed by atoms with Crippen molar-refractivity contribution in [3.05, 3.63) is 34.9 Å². The quantitative estimate of drug-likeness (QED) is 0.731. The maximum Gasteiger partial charge on any atom is 0.0638 e. The Labute approximate surface area is 94.7 Å². The predicted molar refractivity (Wildman–Crippen MR) is 61.9 cm³/mol. The number of hydrogen-bond donors (Lipinski definition) is 3. The van der Waals surface area contributed by atoms with Crippen LogP contribution in [0.5, 0.6) is 0 Å². The van der Waals surface area contributed by atoms with Gasteiger partial charge in [0.1, 0.15) is 0 Å². The number of aromatic nitrogens is 4. The molecule has 2 aromatic heterocycles. The molecule has 0 aliphatic rings. The smallest absolute Gasteiger partial charge is 0.0638 e. The summed E-state index contributed by atoms with van der Waals surface area (Å²) in [5.41, 5.74) is 4.60. The molecule has 2 aromatic rings. The number of nitrogens with one attached hydrogen (secondary N) is 3. The SMILES string of the molecule is Cc1n[nH]c(C)c1CNC(C)c1cn[nH]c1. The molecule has 0 amide bonds. The van der Waals surface area contributed by atoms with Gasteiger partial charge in [-0.05, 0) is 20.8 Å². The molecule has 0 aliphatic heterocycles. The minimum Gasteiger partial charge on any atom is -0.306 e. The van der Waals surface area contributed by atoms with Crippen LogP contribution >= 0.6 is 0 Å². The zero-order valence-electron chi connectivity index (χ0n) is 9.83. The van der Waals surface area contributed by atoms with E-state index in [0.29, 0.717) is 0 Å². The van der Waals surface area contributed by atoms with Gasteiger partial charge in [-0.15, -0.1) is 0 Å². The molecule has 0 aromatic carbocycles. The average molecular weight is 219 g/mol. The summed E-state index contributed by atoms with van der Waals surface area (Å²) in [6, 6.07) is 0.285. The van der Waals surface area contributed by atoms with E-state index < -0.39 is 0 Å². The molecule has 2 heterocycles. The van der Waals surface area contributed by atoms with Crippen molar-refractivity contribution in [1.29, 1.82) is 0 Å². The van der Waals surface area contributed by atoms with Gasteiger partial charge in [0.15, 0.2) is 0 Å². The van der Waals surface area contributed by atoms with Crippen LogP contribution in [0, 0.1) is 13.8 Å². The summed E-state index contributed by atoms with van der Waals surface area (Å²) in [7, 11) is 0. The molecule has 0 aliphatic carbocycles. The van der Waals surface area contributed by atoms with E-state index in [9.17, 15) is 0 Å². The number of H-pyrrole nitrogens is 2. The Morgan fingerprint density at radius 3 is 2.81 bits per heavy atom. The van der Waals surface area contributed by atoms with Crippen LogP contribution in [0.1, 0.15) is 35.5 Å². The fourth-order valence-corrected chi connectivity index (χ4v) is 1.71. The molecule has 0 spiro atoms. The number of rotatable bonds is 4. The maximum atomic E-state index is 4.17. The van der Waals surface area contributed by atoms with Gasteiger partial charge in [0.25, 0.3) is 0 Å². The predicted octanol–water partition coefficient (Wildman–Crippen LogP) is 1.60. The van der Waals surface area contributed by atoms with E-state index in [4.69, 9.17) is 0 Å². The Bertz CT molecular complexity index is 423. The first-order valence-electron chi connectivity index (χ1n) is 5.41. The molecular formula is C11H17N5. The molecular weight excluding hydrogens is 202 g/mol. The zero-order valence-corrected chi connectivity index (χ0v) is 9.83. The highest BCUT2D eigenvalue weighted by molar-refractivity contribution is 5.23. The lowest BCUT2D eigenvalue weighted by Gasteiger charge is -2.11. The fourth-order valence-electron chi connectivity index (χ4n) is 1.71. The van der Waals surface area contributed by atoms with Crippen molar-refractivity contribution < 1.29 is 0 Å². The molecule has 0 bridgehead atoms. The van der Waals surface area contributed by atoms with E-state index in [1.54, 1.807) is 0 Å². The van der Waals surface area contributed by atoms with Gasteiger partial charge in [0.05, 0.1) is 11.9 Å². The van der Waals surface area contributed by atoms with Crippen LogP contribution in [0.25, 0.3) is 0 Å². The summed E-state index contributed by atoms with van der Waals surface area (Å²) in [4.78, 5) is 0. The Kier molecular flexibility index (Phi) is 3.05. The van der Waals surface area contributed by atoms with E-state index >= 15 is 0 Å². The molecule has 16 heavy (non-hydrogen) atoms. The highest BCUT2D eigenvalue weighted by Crippen LogP contribution is 2.13. The Morgan fingerprint density at radius 1 is 1.44 bits per heavy atom. The molecule has 1 unspecified atom stereocenters. The topological polar surface area (TPSA) is 69.4 Å². The van der Waals surface area contributed by atoms with Gasteiger partial charge < -0.3 is 5.32 Å². The van der Waals surface area contributed by atoms with Crippen LogP contribution in [-0.2, 0) is 6.54 Å². The van der Waals surface area contributed by atoms with Crippen molar-refractivity contribution in [3.8, 4) is 0 Å². The lowest BCUT2D eigenvalue weighted by atomic mass is 10.1. The van der Waals surface area contributed by atoms with E-state index in [0.717, 1.165) is 17.9 Å². The number of hydrogen-bond acceptors (Lipinski definition) is 3. The Morgan fingerprint density at radius 2 is 2.25 bits per heavy atom. The summed E-state index contributed by atoms with van der Waals surface area (Å²) in [6.07, 6.45) is 3.75. The summed E-state index contributed by atoms with van der Waals surface area (Å²) in [5.74, 6) is 0. The highest BCUT2D eigenvalue weighted by Gasteiger charge is 2.09. The minimum atomic E-state index is 0.285. The molecule has 5 heteroatoms. The summed E-state index contributed by atoms with van der Waals surface area (Å²) >= 11 is 0. The molecule has 0 radical (unpaired) electrons. The second-order valence-electron chi connectivity index (χ2n) is 4.05. The van der Waals surface area contributed by atoms with Crippen LogP contribution in [0.3, 0.4) is 0 Å². The van der Waals surface area contributed by atoms with Crippen molar-refractivity contribution in [1.82, 2.24) is 25.7 Å². The molecule has 5 nitrogen and oxygen atoms in total. The maximum absolute atomic E-state index is 4.17. The van der Waals surface area contributed by atoms with Gasteiger partial charge in [-0.25, -0.2) is 0 Å². The van der Waals surface area contributed by atoms with Gasteiger partial charge in [0.2, 0.25) is 0 Å². The van der Waals surface area contributed by atoms with Crippen molar-refractivity contribution in [2.45, 2.75) is 33.4 Å². The highest BCUT2D eigenvalue weighted by atomic mass is 15.1. The Hall–Kier alpha value is -1.62. The first-order chi connectivity index (χ1) is 7.68. The lowest BCUT2D eigenvalue weighted by molar-refractivity contribution is 0.572. The molecule has 3 N–H and O–H groups in total. The molecule has 0 saturated heterocycles. The van der Waals surface area contributed by atoms with Gasteiger partial charge >= 0.3 is 0 Å². The van der Waals surface area contributed by atoms with Crippen molar-refractivity contribution >= 4 is 0 Å². The van der Waals surface area contributed by atoms with Crippen LogP contribution in [-0.4, -0.2) is 20.4 Å². The monoisotopic (exact) mass is 219 g/mol. The molecule has 0 fully saturated rings. The summed E-state index contributed by atoms with van der Waals surface area (Å²) < 4.78 is 0. The van der Waals surface area contributed by atoms with E-state index in [2.05, 4.69) is 32.6 Å². The van der Waals surface area contributed by atoms with E-state index in [1.165, 1.54) is 11.1 Å².